The predicted molar refractivity (Wildman–Crippen MR) is 147 cm³/mol. The van der Waals surface area contributed by atoms with Crippen molar-refractivity contribution in [3.8, 4) is 0 Å². The standard InChI is InChI=1S/C31H36F2N4O3/c1-19-15-26(20(2)35(19)17-21-7-9-23(10-8-21)31(6,32)33)28(38)37(24-11-12-24)25-13-14-27-22(16-25)18-36(34-27)29(39)40-30(3,4)5/h7,9,15,18,24-25H,11-14,16-17H2,1-6H3. The van der Waals surface area contributed by atoms with E-state index in [0.29, 0.717) is 24.9 Å². The van der Waals surface area contributed by atoms with Crippen LogP contribution in [0, 0.1) is 13.8 Å². The molecule has 1 saturated carbocycles. The molecule has 7 nitrogen and oxygen atoms in total. The van der Waals surface area contributed by atoms with Crippen LogP contribution in [-0.2, 0) is 24.1 Å². The Balaban J connectivity index is 1.36. The van der Waals surface area contributed by atoms with Crippen LogP contribution in [0.15, 0.2) is 47.0 Å². The van der Waals surface area contributed by atoms with Gasteiger partial charge in [0.2, 0.25) is 0 Å². The summed E-state index contributed by atoms with van der Waals surface area (Å²) >= 11 is 0. The van der Waals surface area contributed by atoms with Crippen molar-refractivity contribution in [2.45, 2.75) is 104 Å². The molecule has 0 aromatic carbocycles. The quantitative estimate of drug-likeness (QED) is 0.409. The SMILES string of the molecule is Cc1cc(C(=O)N(C2CC2)C2CCc3nn(C(=O)OC(C)(C)C)cc3C2)c(C)n1CC1=C=C=C(C(C)(F)F)C=C1. The molecule has 0 bridgehead atoms. The molecule has 1 fully saturated rings. The van der Waals surface area contributed by atoms with Gasteiger partial charge in [-0.1, -0.05) is 11.5 Å². The highest BCUT2D eigenvalue weighted by atomic mass is 19.3. The number of aryl methyl sites for hydroxylation is 2. The van der Waals surface area contributed by atoms with Gasteiger partial charge in [-0.05, 0) is 90.5 Å². The average molecular weight is 551 g/mol. The molecule has 5 rings (SSSR count). The van der Waals surface area contributed by atoms with E-state index in [-0.39, 0.29) is 23.6 Å². The summed E-state index contributed by atoms with van der Waals surface area (Å²) in [6.45, 7) is 10.6. The lowest BCUT2D eigenvalue weighted by Crippen LogP contribution is -2.45. The molecule has 2 aromatic rings. The predicted octanol–water partition coefficient (Wildman–Crippen LogP) is 6.08. The molecule has 2 heterocycles. The number of halogens is 2. The maximum atomic E-state index is 14.0. The summed E-state index contributed by atoms with van der Waals surface area (Å²) in [6.07, 6.45) is 8.30. The van der Waals surface area contributed by atoms with Gasteiger partial charge in [-0.2, -0.15) is 9.78 Å². The molecule has 3 aliphatic rings. The summed E-state index contributed by atoms with van der Waals surface area (Å²) in [5.74, 6) is -2.96. The van der Waals surface area contributed by atoms with Gasteiger partial charge in [0.25, 0.3) is 11.8 Å². The lowest BCUT2D eigenvalue weighted by atomic mass is 9.91. The largest absolute Gasteiger partial charge is 0.442 e. The van der Waals surface area contributed by atoms with E-state index in [1.807, 2.05) is 50.2 Å². The number of nitrogens with zero attached hydrogens (tertiary/aromatic N) is 4. The van der Waals surface area contributed by atoms with Crippen LogP contribution < -0.4 is 0 Å². The zero-order chi connectivity index (χ0) is 29.0. The Bertz CT molecular complexity index is 1500. The van der Waals surface area contributed by atoms with Gasteiger partial charge < -0.3 is 14.2 Å². The first-order valence-electron chi connectivity index (χ1n) is 13.8. The van der Waals surface area contributed by atoms with E-state index >= 15 is 0 Å². The third-order valence-corrected chi connectivity index (χ3v) is 7.61. The third kappa shape index (κ3) is 5.77. The fraction of sp³-hybridized carbons (Fsp3) is 0.516. The molecule has 0 spiro atoms. The molecule has 3 aliphatic carbocycles. The summed E-state index contributed by atoms with van der Waals surface area (Å²) in [4.78, 5) is 28.6. The average Bonchev–Trinajstić information content (AvgIpc) is 3.53. The van der Waals surface area contributed by atoms with Crippen molar-refractivity contribution >= 4 is 12.0 Å². The molecule has 40 heavy (non-hydrogen) atoms. The van der Waals surface area contributed by atoms with Crippen molar-refractivity contribution in [3.05, 3.63) is 75.2 Å². The number of carbonyl (C=O) groups is 2. The molecule has 0 radical (unpaired) electrons. The smallest absolute Gasteiger partial charge is 0.435 e. The zero-order valence-electron chi connectivity index (χ0n) is 24.0. The van der Waals surface area contributed by atoms with Gasteiger partial charge in [0.15, 0.2) is 0 Å². The number of carbonyl (C=O) groups excluding carboxylic acids is 2. The monoisotopic (exact) mass is 550 g/mol. The highest BCUT2D eigenvalue weighted by Gasteiger charge is 2.40. The summed E-state index contributed by atoms with van der Waals surface area (Å²) in [6, 6.07) is 2.13. The van der Waals surface area contributed by atoms with Crippen molar-refractivity contribution in [1.29, 1.82) is 0 Å². The van der Waals surface area contributed by atoms with Crippen LogP contribution in [0.2, 0.25) is 0 Å². The second kappa shape index (κ2) is 10.1. The number of amides is 1. The Hall–Kier alpha value is -3.67. The van der Waals surface area contributed by atoms with Crippen LogP contribution in [0.25, 0.3) is 0 Å². The van der Waals surface area contributed by atoms with Gasteiger partial charge in [0.1, 0.15) is 5.60 Å². The number of rotatable bonds is 6. The van der Waals surface area contributed by atoms with Gasteiger partial charge in [-0.25, -0.2) is 13.6 Å². The molecule has 1 amide bonds. The van der Waals surface area contributed by atoms with Gasteiger partial charge in [0.05, 0.1) is 23.4 Å². The van der Waals surface area contributed by atoms with Gasteiger partial charge in [-0.15, -0.1) is 0 Å². The molecular weight excluding hydrogens is 514 g/mol. The highest BCUT2D eigenvalue weighted by Crippen LogP contribution is 2.36. The number of aromatic nitrogens is 3. The molecule has 212 valence electrons. The van der Waals surface area contributed by atoms with E-state index in [9.17, 15) is 18.4 Å². The number of fused-ring (bicyclic) bond motifs is 1. The molecule has 0 saturated heterocycles. The fourth-order valence-corrected chi connectivity index (χ4v) is 5.44. The van der Waals surface area contributed by atoms with Crippen molar-refractivity contribution in [1.82, 2.24) is 19.2 Å². The Kier molecular flexibility index (Phi) is 7.01. The van der Waals surface area contributed by atoms with Crippen molar-refractivity contribution < 1.29 is 23.1 Å². The Morgan fingerprint density at radius 1 is 1.10 bits per heavy atom. The van der Waals surface area contributed by atoms with E-state index in [4.69, 9.17) is 4.74 Å². The maximum absolute atomic E-state index is 14.0. The van der Waals surface area contributed by atoms with Crippen molar-refractivity contribution in [2.24, 2.45) is 0 Å². The minimum absolute atomic E-state index is 0.00588. The first-order chi connectivity index (χ1) is 18.7. The topological polar surface area (TPSA) is 69.4 Å². The number of allylic oxidation sites excluding steroid dienone is 4. The summed E-state index contributed by atoms with van der Waals surface area (Å²) in [5, 5.41) is 4.47. The molecule has 1 unspecified atom stereocenters. The Labute approximate surface area is 233 Å². The molecule has 1 atom stereocenters. The normalized spacial score (nSPS) is 18.8. The fourth-order valence-electron chi connectivity index (χ4n) is 5.44. The lowest BCUT2D eigenvalue weighted by Gasteiger charge is -2.34. The second-order valence-electron chi connectivity index (χ2n) is 12.1. The number of hydrogen-bond acceptors (Lipinski definition) is 4. The van der Waals surface area contributed by atoms with Crippen LogP contribution in [0.4, 0.5) is 13.6 Å². The molecule has 0 N–H and O–H groups in total. The Morgan fingerprint density at radius 2 is 1.82 bits per heavy atom. The van der Waals surface area contributed by atoms with E-state index in [1.165, 1.54) is 10.8 Å². The molecule has 2 aromatic heterocycles. The highest BCUT2D eigenvalue weighted by molar-refractivity contribution is 5.96. The van der Waals surface area contributed by atoms with E-state index < -0.39 is 17.6 Å². The van der Waals surface area contributed by atoms with E-state index in [1.54, 1.807) is 12.3 Å². The van der Waals surface area contributed by atoms with Gasteiger partial charge in [0, 0.05) is 42.2 Å². The first kappa shape index (κ1) is 27.9. The lowest BCUT2D eigenvalue weighted by molar-refractivity contribution is 0.0512. The summed E-state index contributed by atoms with van der Waals surface area (Å²) < 4.78 is 35.9. The van der Waals surface area contributed by atoms with Gasteiger partial charge >= 0.3 is 6.09 Å². The minimum atomic E-state index is -2.96. The van der Waals surface area contributed by atoms with Crippen LogP contribution in [0.5, 0.6) is 0 Å². The first-order valence-corrected chi connectivity index (χ1v) is 13.8. The molecular formula is C31H36F2N4O3. The summed E-state index contributed by atoms with van der Waals surface area (Å²) in [7, 11) is 0. The second-order valence-corrected chi connectivity index (χ2v) is 12.1. The number of ether oxygens (including phenoxy) is 1. The maximum Gasteiger partial charge on any atom is 0.435 e. The molecule has 9 heteroatoms. The van der Waals surface area contributed by atoms with Crippen molar-refractivity contribution in [2.75, 3.05) is 0 Å². The third-order valence-electron chi connectivity index (χ3n) is 7.61. The van der Waals surface area contributed by atoms with Crippen LogP contribution >= 0.6 is 0 Å². The van der Waals surface area contributed by atoms with Crippen LogP contribution in [0.3, 0.4) is 0 Å². The molecule has 0 aliphatic heterocycles. The van der Waals surface area contributed by atoms with E-state index in [2.05, 4.69) is 16.6 Å². The number of alkyl halides is 2. The summed E-state index contributed by atoms with van der Waals surface area (Å²) in [5.41, 5.74) is 9.60. The van der Waals surface area contributed by atoms with E-state index in [0.717, 1.165) is 54.4 Å². The minimum Gasteiger partial charge on any atom is -0.442 e. The van der Waals surface area contributed by atoms with Crippen LogP contribution in [-0.4, -0.2) is 54.9 Å². The zero-order valence-corrected chi connectivity index (χ0v) is 24.0. The Morgan fingerprint density at radius 3 is 2.42 bits per heavy atom. The van der Waals surface area contributed by atoms with Crippen molar-refractivity contribution in [3.63, 3.8) is 0 Å². The van der Waals surface area contributed by atoms with Crippen LogP contribution in [0.1, 0.15) is 80.0 Å². The number of hydrogen-bond donors (Lipinski definition) is 0. The van der Waals surface area contributed by atoms with Gasteiger partial charge in [-0.3, -0.25) is 4.79 Å².